The van der Waals surface area contributed by atoms with Crippen LogP contribution in [-0.2, 0) is 6.42 Å². The van der Waals surface area contributed by atoms with Crippen LogP contribution in [0.15, 0.2) is 22.7 Å². The number of rotatable bonds is 2. The fourth-order valence-electron chi connectivity index (χ4n) is 0.917. The normalized spacial score (nSPS) is 10.7. The molecule has 0 unspecified atom stereocenters. The predicted octanol–water partition coefficient (Wildman–Crippen LogP) is 2.84. The molecule has 1 nitrogen and oxygen atoms in total. The van der Waals surface area contributed by atoms with Crippen LogP contribution in [0.5, 0.6) is 0 Å². The maximum Gasteiger partial charge on any atom is 0.242 e. The van der Waals surface area contributed by atoms with Gasteiger partial charge in [-0.2, -0.15) is 0 Å². The van der Waals surface area contributed by atoms with Crippen molar-refractivity contribution in [3.05, 3.63) is 28.2 Å². The van der Waals surface area contributed by atoms with Crippen LogP contribution in [0.25, 0.3) is 0 Å². The van der Waals surface area contributed by atoms with Crippen LogP contribution in [0.1, 0.15) is 5.56 Å². The molecule has 1 aromatic carbocycles. The lowest BCUT2D eigenvalue weighted by Gasteiger charge is -2.04. The van der Waals surface area contributed by atoms with Gasteiger partial charge < -0.3 is 5.73 Å². The third-order valence-corrected chi connectivity index (χ3v) is 1.97. The summed E-state index contributed by atoms with van der Waals surface area (Å²) in [6.07, 6.45) is -2.63. The van der Waals surface area contributed by atoms with E-state index in [1.807, 2.05) is 0 Å². The SMILES string of the molecule is Nc1ccc(Br)cc1CC(F)F. The van der Waals surface area contributed by atoms with Gasteiger partial charge in [0, 0.05) is 16.6 Å². The van der Waals surface area contributed by atoms with E-state index < -0.39 is 6.43 Å². The van der Waals surface area contributed by atoms with Gasteiger partial charge in [-0.1, -0.05) is 15.9 Å². The van der Waals surface area contributed by atoms with Gasteiger partial charge in [0.2, 0.25) is 6.43 Å². The molecule has 0 atom stereocenters. The van der Waals surface area contributed by atoms with Crippen LogP contribution in [0, 0.1) is 0 Å². The van der Waals surface area contributed by atoms with E-state index in [4.69, 9.17) is 5.73 Å². The third kappa shape index (κ3) is 2.44. The van der Waals surface area contributed by atoms with Gasteiger partial charge >= 0.3 is 0 Å². The number of halogens is 3. The van der Waals surface area contributed by atoms with Gasteiger partial charge in [0.1, 0.15) is 0 Å². The third-order valence-electron chi connectivity index (χ3n) is 1.48. The molecule has 0 aliphatic heterocycles. The number of nitrogens with two attached hydrogens (primary N) is 1. The van der Waals surface area contributed by atoms with Gasteiger partial charge in [-0.05, 0) is 23.8 Å². The maximum atomic E-state index is 12.0. The Morgan fingerprint density at radius 3 is 2.67 bits per heavy atom. The summed E-state index contributed by atoms with van der Waals surface area (Å²) in [4.78, 5) is 0. The van der Waals surface area contributed by atoms with Crippen molar-refractivity contribution < 1.29 is 8.78 Å². The highest BCUT2D eigenvalue weighted by Crippen LogP contribution is 2.20. The Morgan fingerprint density at radius 1 is 1.42 bits per heavy atom. The minimum absolute atomic E-state index is 0.286. The van der Waals surface area contributed by atoms with Gasteiger partial charge in [0.25, 0.3) is 0 Å². The molecule has 0 spiro atoms. The van der Waals surface area contributed by atoms with Crippen LogP contribution >= 0.6 is 15.9 Å². The minimum atomic E-state index is -2.35. The topological polar surface area (TPSA) is 26.0 Å². The molecule has 0 aromatic heterocycles. The largest absolute Gasteiger partial charge is 0.399 e. The average molecular weight is 236 g/mol. The second kappa shape index (κ2) is 3.85. The molecule has 0 saturated heterocycles. The zero-order valence-corrected chi connectivity index (χ0v) is 7.81. The number of benzene rings is 1. The molecule has 1 rings (SSSR count). The van der Waals surface area contributed by atoms with Gasteiger partial charge in [-0.15, -0.1) is 0 Å². The van der Waals surface area contributed by atoms with Crippen molar-refractivity contribution in [3.63, 3.8) is 0 Å². The van der Waals surface area contributed by atoms with E-state index >= 15 is 0 Å². The molecule has 0 aliphatic rings. The predicted molar refractivity (Wildman–Crippen MR) is 48.3 cm³/mol. The molecular formula is C8H8BrF2N. The van der Waals surface area contributed by atoms with E-state index in [0.29, 0.717) is 11.3 Å². The summed E-state index contributed by atoms with van der Waals surface area (Å²) in [6.45, 7) is 0. The number of hydrogen-bond donors (Lipinski definition) is 1. The van der Waals surface area contributed by atoms with Gasteiger partial charge in [-0.25, -0.2) is 8.78 Å². The van der Waals surface area contributed by atoms with E-state index in [1.54, 1.807) is 18.2 Å². The molecule has 0 saturated carbocycles. The molecule has 0 aliphatic carbocycles. The number of alkyl halides is 2. The summed E-state index contributed by atoms with van der Waals surface area (Å²) in [6, 6.07) is 4.95. The fraction of sp³-hybridized carbons (Fsp3) is 0.250. The molecule has 66 valence electrons. The van der Waals surface area contributed by atoms with Crippen molar-refractivity contribution in [3.8, 4) is 0 Å². The molecule has 0 heterocycles. The first-order chi connectivity index (χ1) is 5.59. The van der Waals surface area contributed by atoms with E-state index in [1.165, 1.54) is 0 Å². The van der Waals surface area contributed by atoms with E-state index in [9.17, 15) is 8.78 Å². The van der Waals surface area contributed by atoms with Gasteiger partial charge in [0.05, 0.1) is 0 Å². The van der Waals surface area contributed by atoms with Crippen molar-refractivity contribution in [2.24, 2.45) is 0 Å². The van der Waals surface area contributed by atoms with Crippen molar-refractivity contribution in [2.45, 2.75) is 12.8 Å². The second-order valence-electron chi connectivity index (χ2n) is 2.44. The molecule has 2 N–H and O–H groups in total. The van der Waals surface area contributed by atoms with Crippen LogP contribution < -0.4 is 5.73 Å². The highest BCUT2D eigenvalue weighted by molar-refractivity contribution is 9.10. The Kier molecular flexibility index (Phi) is 3.03. The summed E-state index contributed by atoms with van der Waals surface area (Å²) >= 11 is 3.19. The molecular weight excluding hydrogens is 228 g/mol. The summed E-state index contributed by atoms with van der Waals surface area (Å²) in [5, 5.41) is 0. The average Bonchev–Trinajstić information content (AvgIpc) is 1.96. The summed E-state index contributed by atoms with van der Waals surface area (Å²) < 4.78 is 24.7. The van der Waals surface area contributed by atoms with Crippen molar-refractivity contribution in [1.82, 2.24) is 0 Å². The van der Waals surface area contributed by atoms with Crippen LogP contribution in [-0.4, -0.2) is 6.43 Å². The molecule has 0 bridgehead atoms. The smallest absolute Gasteiger partial charge is 0.242 e. The first kappa shape index (κ1) is 9.45. The second-order valence-corrected chi connectivity index (χ2v) is 3.35. The maximum absolute atomic E-state index is 12.0. The Balaban J connectivity index is 2.90. The van der Waals surface area contributed by atoms with Crippen molar-refractivity contribution >= 4 is 21.6 Å². The lowest BCUT2D eigenvalue weighted by Crippen LogP contribution is -2.00. The Bertz CT molecular complexity index is 276. The van der Waals surface area contributed by atoms with Crippen molar-refractivity contribution in [1.29, 1.82) is 0 Å². The Morgan fingerprint density at radius 2 is 2.08 bits per heavy atom. The highest BCUT2D eigenvalue weighted by atomic mass is 79.9. The lowest BCUT2D eigenvalue weighted by molar-refractivity contribution is 0.149. The Labute approximate surface area is 77.7 Å². The van der Waals surface area contributed by atoms with Crippen LogP contribution in [0.4, 0.5) is 14.5 Å². The number of nitrogen functional groups attached to an aromatic ring is 1. The summed E-state index contributed by atoms with van der Waals surface area (Å²) in [7, 11) is 0. The molecule has 0 amide bonds. The number of anilines is 1. The standard InChI is InChI=1S/C8H8BrF2N/c9-6-1-2-7(12)5(3-6)4-8(10)11/h1-3,8H,4,12H2. The van der Waals surface area contributed by atoms with Gasteiger partial charge in [0.15, 0.2) is 0 Å². The lowest BCUT2D eigenvalue weighted by atomic mass is 10.1. The fourth-order valence-corrected chi connectivity index (χ4v) is 1.33. The summed E-state index contributed by atoms with van der Waals surface area (Å²) in [5.74, 6) is 0. The van der Waals surface area contributed by atoms with E-state index in [-0.39, 0.29) is 6.42 Å². The first-order valence-electron chi connectivity index (χ1n) is 3.41. The zero-order chi connectivity index (χ0) is 9.14. The number of hydrogen-bond acceptors (Lipinski definition) is 1. The van der Waals surface area contributed by atoms with E-state index in [2.05, 4.69) is 15.9 Å². The molecule has 0 radical (unpaired) electrons. The van der Waals surface area contributed by atoms with Gasteiger partial charge in [-0.3, -0.25) is 0 Å². The molecule has 0 fully saturated rings. The molecule has 12 heavy (non-hydrogen) atoms. The Hall–Kier alpha value is -0.640. The van der Waals surface area contributed by atoms with Crippen LogP contribution in [0.2, 0.25) is 0 Å². The first-order valence-corrected chi connectivity index (χ1v) is 4.21. The highest BCUT2D eigenvalue weighted by Gasteiger charge is 2.07. The van der Waals surface area contributed by atoms with E-state index in [0.717, 1.165) is 4.47 Å². The minimum Gasteiger partial charge on any atom is -0.399 e. The zero-order valence-electron chi connectivity index (χ0n) is 6.23. The molecule has 1 aromatic rings. The molecule has 4 heteroatoms. The summed E-state index contributed by atoms with van der Waals surface area (Å²) in [5.41, 5.74) is 6.38. The van der Waals surface area contributed by atoms with Crippen LogP contribution in [0.3, 0.4) is 0 Å². The quantitative estimate of drug-likeness (QED) is 0.785. The monoisotopic (exact) mass is 235 g/mol. The van der Waals surface area contributed by atoms with Crippen molar-refractivity contribution in [2.75, 3.05) is 5.73 Å².